The van der Waals surface area contributed by atoms with Gasteiger partial charge in [0.1, 0.15) is 0 Å². The molecular formula is C8H17AuS. The Kier molecular flexibility index (Phi) is 17.4. The smallest absolute Gasteiger partial charge is 0.793 e. The van der Waals surface area contributed by atoms with E-state index in [0.717, 1.165) is 5.75 Å². The Bertz CT molecular complexity index is 42.5. The van der Waals surface area contributed by atoms with Crippen molar-refractivity contribution in [2.45, 2.75) is 45.4 Å². The summed E-state index contributed by atoms with van der Waals surface area (Å²) in [4.78, 5) is 0. The maximum Gasteiger partial charge on any atom is 1.00 e. The van der Waals surface area contributed by atoms with Gasteiger partial charge < -0.3 is 12.6 Å². The minimum atomic E-state index is 0. The minimum Gasteiger partial charge on any atom is -0.793 e. The van der Waals surface area contributed by atoms with Crippen molar-refractivity contribution in [1.82, 2.24) is 0 Å². The van der Waals surface area contributed by atoms with E-state index in [0.29, 0.717) is 0 Å². The number of unbranched alkanes of at least 4 members (excludes halogenated alkanes) is 5. The van der Waals surface area contributed by atoms with E-state index >= 15 is 0 Å². The van der Waals surface area contributed by atoms with Gasteiger partial charge in [0.25, 0.3) is 0 Å². The van der Waals surface area contributed by atoms with Crippen LogP contribution in [0.25, 0.3) is 0 Å². The maximum absolute atomic E-state index is 4.83. The van der Waals surface area contributed by atoms with Gasteiger partial charge in [-0.3, -0.25) is 0 Å². The van der Waals surface area contributed by atoms with Crippen LogP contribution in [0.3, 0.4) is 0 Å². The van der Waals surface area contributed by atoms with Crippen molar-refractivity contribution in [3.05, 3.63) is 0 Å². The van der Waals surface area contributed by atoms with Crippen LogP contribution in [-0.4, -0.2) is 5.75 Å². The Labute approximate surface area is 86.1 Å². The van der Waals surface area contributed by atoms with E-state index in [-0.39, 0.29) is 22.4 Å². The van der Waals surface area contributed by atoms with Gasteiger partial charge in [-0.15, -0.1) is 0 Å². The summed E-state index contributed by atoms with van der Waals surface area (Å²) in [6, 6.07) is 0. The maximum atomic E-state index is 4.83. The first-order valence-corrected chi connectivity index (χ1v) is 4.57. The van der Waals surface area contributed by atoms with Crippen LogP contribution < -0.4 is 0 Å². The summed E-state index contributed by atoms with van der Waals surface area (Å²) in [5, 5.41) is 0. The molecule has 0 unspecified atom stereocenters. The van der Waals surface area contributed by atoms with Gasteiger partial charge >= 0.3 is 22.4 Å². The van der Waals surface area contributed by atoms with Gasteiger partial charge in [-0.25, -0.2) is 0 Å². The molecule has 0 atom stereocenters. The third-order valence-electron chi connectivity index (χ3n) is 1.50. The molecule has 0 aromatic heterocycles. The van der Waals surface area contributed by atoms with Crippen molar-refractivity contribution in [2.75, 3.05) is 5.75 Å². The molecule has 0 N–H and O–H groups in total. The molecule has 0 amide bonds. The Morgan fingerprint density at radius 1 is 0.900 bits per heavy atom. The molecule has 2 heteroatoms. The van der Waals surface area contributed by atoms with Crippen LogP contribution in [-0.2, 0) is 35.0 Å². The minimum absolute atomic E-state index is 0. The van der Waals surface area contributed by atoms with Crippen molar-refractivity contribution in [2.24, 2.45) is 0 Å². The Hall–Kier alpha value is 1.09. The molecule has 0 saturated carbocycles. The summed E-state index contributed by atoms with van der Waals surface area (Å²) in [5.41, 5.74) is 0. The first-order valence-electron chi connectivity index (χ1n) is 4.00. The molecule has 0 aliphatic heterocycles. The van der Waals surface area contributed by atoms with E-state index in [1.54, 1.807) is 0 Å². The number of rotatable bonds is 6. The second kappa shape index (κ2) is 12.7. The molecule has 0 spiro atoms. The first-order chi connectivity index (χ1) is 4.41. The molecular weight excluding hydrogens is 325 g/mol. The Morgan fingerprint density at radius 2 is 1.40 bits per heavy atom. The van der Waals surface area contributed by atoms with Gasteiger partial charge in [-0.05, 0) is 0 Å². The molecule has 0 heterocycles. The Morgan fingerprint density at radius 3 is 1.90 bits per heavy atom. The van der Waals surface area contributed by atoms with Crippen LogP contribution in [0.4, 0.5) is 0 Å². The second-order valence-electron chi connectivity index (χ2n) is 2.47. The van der Waals surface area contributed by atoms with Gasteiger partial charge in [0.15, 0.2) is 0 Å². The molecule has 0 bridgehead atoms. The molecule has 0 fully saturated rings. The van der Waals surface area contributed by atoms with Gasteiger partial charge in [0, 0.05) is 0 Å². The van der Waals surface area contributed by atoms with Crippen molar-refractivity contribution in [3.8, 4) is 0 Å². The summed E-state index contributed by atoms with van der Waals surface area (Å²) in [6.07, 6.45) is 8.14. The van der Waals surface area contributed by atoms with Gasteiger partial charge in [0.05, 0.1) is 0 Å². The second-order valence-corrected chi connectivity index (χ2v) is 2.88. The zero-order valence-corrected chi connectivity index (χ0v) is 9.64. The molecule has 0 radical (unpaired) electrons. The van der Waals surface area contributed by atoms with Crippen molar-refractivity contribution in [3.63, 3.8) is 0 Å². The van der Waals surface area contributed by atoms with Crippen molar-refractivity contribution < 1.29 is 22.4 Å². The zero-order valence-electron chi connectivity index (χ0n) is 6.66. The summed E-state index contributed by atoms with van der Waals surface area (Å²) >= 11 is 4.83. The number of hydrogen-bond acceptors (Lipinski definition) is 1. The SMILES string of the molecule is CCCCCCCC[S-].[Au+]. The van der Waals surface area contributed by atoms with E-state index in [1.165, 1.54) is 38.5 Å². The van der Waals surface area contributed by atoms with Crippen LogP contribution >= 0.6 is 0 Å². The van der Waals surface area contributed by atoms with Crippen LogP contribution in [0.5, 0.6) is 0 Å². The van der Waals surface area contributed by atoms with Gasteiger partial charge in [0.2, 0.25) is 0 Å². The molecule has 0 aromatic carbocycles. The van der Waals surface area contributed by atoms with E-state index in [9.17, 15) is 0 Å². The molecule has 10 heavy (non-hydrogen) atoms. The third-order valence-corrected chi connectivity index (χ3v) is 1.79. The molecule has 0 nitrogen and oxygen atoms in total. The summed E-state index contributed by atoms with van der Waals surface area (Å²) < 4.78 is 0. The first kappa shape index (κ1) is 13.7. The van der Waals surface area contributed by atoms with Crippen LogP contribution in [0.15, 0.2) is 0 Å². The van der Waals surface area contributed by atoms with Crippen molar-refractivity contribution >= 4 is 12.6 Å². The standard InChI is InChI=1S/C8H18S.Au/c1-2-3-4-5-6-7-8-9;/h9H,2-8H2,1H3;/q;+1/p-1. The van der Waals surface area contributed by atoms with Crippen LogP contribution in [0.1, 0.15) is 45.4 Å². The normalized spacial score (nSPS) is 9.00. The number of hydrogen-bond donors (Lipinski definition) is 0. The summed E-state index contributed by atoms with van der Waals surface area (Å²) in [7, 11) is 0. The largest absolute Gasteiger partial charge is 1.00 e. The van der Waals surface area contributed by atoms with Crippen LogP contribution in [0.2, 0.25) is 0 Å². The average molecular weight is 342 g/mol. The molecule has 0 aliphatic carbocycles. The molecule has 0 saturated heterocycles. The fraction of sp³-hybridized carbons (Fsp3) is 1.00. The van der Waals surface area contributed by atoms with Crippen molar-refractivity contribution in [1.29, 1.82) is 0 Å². The quantitative estimate of drug-likeness (QED) is 0.406. The summed E-state index contributed by atoms with van der Waals surface area (Å²) in [6.45, 7) is 2.24. The van der Waals surface area contributed by atoms with Gasteiger partial charge in [-0.1, -0.05) is 45.4 Å². The topological polar surface area (TPSA) is 0 Å². The predicted octanol–water partition coefficient (Wildman–Crippen LogP) is 2.89. The third kappa shape index (κ3) is 11.8. The fourth-order valence-corrected chi connectivity index (χ4v) is 1.09. The molecule has 66 valence electrons. The van der Waals surface area contributed by atoms with E-state index in [4.69, 9.17) is 12.6 Å². The zero-order chi connectivity index (χ0) is 6.95. The monoisotopic (exact) mass is 342 g/mol. The molecule has 0 rings (SSSR count). The average Bonchev–Trinajstić information content (AvgIpc) is 1.89. The van der Waals surface area contributed by atoms with Crippen LogP contribution in [0, 0.1) is 0 Å². The molecule has 0 aromatic rings. The predicted molar refractivity (Wildman–Crippen MR) is 45.6 cm³/mol. The fourth-order valence-electron chi connectivity index (χ4n) is 0.882. The summed E-state index contributed by atoms with van der Waals surface area (Å²) in [5.74, 6) is 0.951. The van der Waals surface area contributed by atoms with E-state index in [1.807, 2.05) is 0 Å². The molecule has 0 aliphatic rings. The van der Waals surface area contributed by atoms with Gasteiger partial charge in [-0.2, -0.15) is 5.75 Å². The van der Waals surface area contributed by atoms with E-state index < -0.39 is 0 Å². The Balaban J connectivity index is 0. The van der Waals surface area contributed by atoms with E-state index in [2.05, 4.69) is 6.92 Å².